The largest absolute Gasteiger partial charge is 0.496 e. The Morgan fingerprint density at radius 2 is 1.97 bits per heavy atom. The molecule has 2 N–H and O–H groups in total. The zero-order valence-electron chi connectivity index (χ0n) is 17.3. The summed E-state index contributed by atoms with van der Waals surface area (Å²) in [5.41, 5.74) is 1.12. The van der Waals surface area contributed by atoms with Crippen molar-refractivity contribution in [1.82, 2.24) is 9.71 Å². The van der Waals surface area contributed by atoms with Crippen molar-refractivity contribution >= 4 is 32.4 Å². The molecule has 2 aromatic carbocycles. The molecule has 0 saturated heterocycles. The van der Waals surface area contributed by atoms with Crippen molar-refractivity contribution in [3.8, 4) is 17.0 Å². The molecule has 10 heteroatoms. The van der Waals surface area contributed by atoms with Crippen LogP contribution < -0.4 is 14.8 Å². The maximum absolute atomic E-state index is 13.7. The highest BCUT2D eigenvalue weighted by Crippen LogP contribution is 2.33. The number of rotatable bonds is 7. The maximum Gasteiger partial charge on any atom is 0.257 e. The third kappa shape index (κ3) is 4.98. The summed E-state index contributed by atoms with van der Waals surface area (Å²) in [6, 6.07) is 9.92. The Labute approximate surface area is 189 Å². The normalized spacial score (nSPS) is 14.4. The van der Waals surface area contributed by atoms with Crippen molar-refractivity contribution in [3.63, 3.8) is 0 Å². The van der Waals surface area contributed by atoms with E-state index in [4.69, 9.17) is 4.74 Å². The predicted molar refractivity (Wildman–Crippen MR) is 121 cm³/mol. The van der Waals surface area contributed by atoms with Crippen LogP contribution in [0, 0.1) is 5.82 Å². The van der Waals surface area contributed by atoms with Crippen molar-refractivity contribution in [1.29, 1.82) is 0 Å². The first-order valence-corrected chi connectivity index (χ1v) is 12.5. The fourth-order valence-electron chi connectivity index (χ4n) is 3.64. The molecular formula is C22H22FN3O4S2. The van der Waals surface area contributed by atoms with Crippen LogP contribution in [0.15, 0.2) is 52.7 Å². The molecule has 1 aliphatic carbocycles. The van der Waals surface area contributed by atoms with Gasteiger partial charge in [0.05, 0.1) is 17.7 Å². The molecule has 4 rings (SSSR count). The molecular weight excluding hydrogens is 453 g/mol. The molecule has 1 aromatic heterocycles. The lowest BCUT2D eigenvalue weighted by Crippen LogP contribution is -2.32. The van der Waals surface area contributed by atoms with E-state index in [1.54, 1.807) is 5.38 Å². The number of halogens is 1. The van der Waals surface area contributed by atoms with Crippen LogP contribution in [0.5, 0.6) is 5.75 Å². The minimum Gasteiger partial charge on any atom is -0.496 e. The summed E-state index contributed by atoms with van der Waals surface area (Å²) in [5.74, 6) is -0.458. The van der Waals surface area contributed by atoms with Crippen molar-refractivity contribution in [2.75, 3.05) is 12.4 Å². The van der Waals surface area contributed by atoms with E-state index >= 15 is 0 Å². The van der Waals surface area contributed by atoms with Crippen LogP contribution in [0.3, 0.4) is 0 Å². The quantitative estimate of drug-likeness (QED) is 0.527. The summed E-state index contributed by atoms with van der Waals surface area (Å²) >= 11 is 1.17. The van der Waals surface area contributed by atoms with Crippen molar-refractivity contribution < 1.29 is 22.3 Å². The van der Waals surface area contributed by atoms with E-state index < -0.39 is 21.7 Å². The summed E-state index contributed by atoms with van der Waals surface area (Å²) in [5, 5.41) is 4.65. The number of anilines is 1. The SMILES string of the molecule is COc1ccc(F)cc1-c1csc(NC(=O)c2cccc(S(=O)(=O)NC3CCCC3)c2)n1. The van der Waals surface area contributed by atoms with Gasteiger partial charge in [-0.05, 0) is 49.2 Å². The van der Waals surface area contributed by atoms with Crippen LogP contribution in [-0.4, -0.2) is 32.5 Å². The Bertz CT molecular complexity index is 1240. The second kappa shape index (κ2) is 9.35. The molecule has 1 fully saturated rings. The summed E-state index contributed by atoms with van der Waals surface area (Å²) in [6.45, 7) is 0. The van der Waals surface area contributed by atoms with E-state index in [0.717, 1.165) is 25.7 Å². The highest BCUT2D eigenvalue weighted by Gasteiger charge is 2.23. The standard InChI is InChI=1S/C22H22FN3O4S2/c1-30-20-10-9-15(23)12-18(20)19-13-31-22(24-19)25-21(27)14-5-4-8-17(11-14)32(28,29)26-16-6-2-3-7-16/h4-5,8-13,16,26H,2-3,6-7H2,1H3,(H,24,25,27). The lowest BCUT2D eigenvalue weighted by atomic mass is 10.1. The Kier molecular flexibility index (Phi) is 6.54. The Morgan fingerprint density at radius 3 is 2.72 bits per heavy atom. The molecule has 0 spiro atoms. The van der Waals surface area contributed by atoms with Gasteiger partial charge in [-0.1, -0.05) is 18.9 Å². The van der Waals surface area contributed by atoms with Crippen LogP contribution in [0.4, 0.5) is 9.52 Å². The number of benzene rings is 2. The fraction of sp³-hybridized carbons (Fsp3) is 0.273. The molecule has 32 heavy (non-hydrogen) atoms. The minimum absolute atomic E-state index is 0.0429. The number of amides is 1. The average molecular weight is 476 g/mol. The lowest BCUT2D eigenvalue weighted by Gasteiger charge is -2.13. The van der Waals surface area contributed by atoms with Gasteiger partial charge in [0, 0.05) is 22.5 Å². The Balaban J connectivity index is 1.51. The minimum atomic E-state index is -3.71. The monoisotopic (exact) mass is 475 g/mol. The topological polar surface area (TPSA) is 97.4 Å². The van der Waals surface area contributed by atoms with Gasteiger partial charge < -0.3 is 4.74 Å². The maximum atomic E-state index is 13.7. The van der Waals surface area contributed by atoms with Gasteiger partial charge >= 0.3 is 0 Å². The first-order valence-electron chi connectivity index (χ1n) is 10.1. The van der Waals surface area contributed by atoms with Crippen molar-refractivity contribution in [3.05, 3.63) is 59.2 Å². The lowest BCUT2D eigenvalue weighted by molar-refractivity contribution is 0.102. The van der Waals surface area contributed by atoms with Crippen LogP contribution in [0.2, 0.25) is 0 Å². The molecule has 0 bridgehead atoms. The zero-order valence-corrected chi connectivity index (χ0v) is 18.9. The second-order valence-electron chi connectivity index (χ2n) is 7.47. The van der Waals surface area contributed by atoms with Crippen molar-refractivity contribution in [2.45, 2.75) is 36.6 Å². The van der Waals surface area contributed by atoms with Gasteiger partial charge in [0.2, 0.25) is 10.0 Å². The number of thiazole rings is 1. The third-order valence-electron chi connectivity index (χ3n) is 5.25. The Morgan fingerprint density at radius 1 is 1.19 bits per heavy atom. The number of nitrogens with zero attached hydrogens (tertiary/aromatic N) is 1. The number of hydrogen-bond donors (Lipinski definition) is 2. The summed E-state index contributed by atoms with van der Waals surface area (Å²) in [6.07, 6.45) is 3.66. The summed E-state index contributed by atoms with van der Waals surface area (Å²) in [7, 11) is -2.23. The highest BCUT2D eigenvalue weighted by molar-refractivity contribution is 7.89. The number of carbonyl (C=O) groups is 1. The number of hydrogen-bond acceptors (Lipinski definition) is 6. The molecule has 0 unspecified atom stereocenters. The van der Waals surface area contributed by atoms with Crippen molar-refractivity contribution in [2.24, 2.45) is 0 Å². The fourth-order valence-corrected chi connectivity index (χ4v) is 5.70. The van der Waals surface area contributed by atoms with Gasteiger partial charge in [0.15, 0.2) is 5.13 Å². The van der Waals surface area contributed by atoms with Gasteiger partial charge in [-0.3, -0.25) is 10.1 Å². The van der Waals surface area contributed by atoms with Crippen LogP contribution in [0.25, 0.3) is 11.3 Å². The van der Waals surface area contributed by atoms with Gasteiger partial charge in [-0.15, -0.1) is 11.3 Å². The van der Waals surface area contributed by atoms with E-state index in [0.29, 0.717) is 22.1 Å². The van der Waals surface area contributed by atoms with Gasteiger partial charge in [0.25, 0.3) is 5.91 Å². The number of methoxy groups -OCH3 is 1. The van der Waals surface area contributed by atoms with Crippen LogP contribution in [-0.2, 0) is 10.0 Å². The number of nitrogens with one attached hydrogen (secondary N) is 2. The molecule has 0 atom stereocenters. The van der Waals surface area contributed by atoms with Gasteiger partial charge in [-0.25, -0.2) is 22.5 Å². The molecule has 1 saturated carbocycles. The first-order chi connectivity index (χ1) is 15.4. The van der Waals surface area contributed by atoms with E-state index in [2.05, 4.69) is 15.0 Å². The molecule has 0 aliphatic heterocycles. The molecule has 168 valence electrons. The van der Waals surface area contributed by atoms with E-state index in [1.807, 2.05) is 0 Å². The smallest absolute Gasteiger partial charge is 0.257 e. The summed E-state index contributed by atoms with van der Waals surface area (Å²) < 4.78 is 47.0. The number of ether oxygens (including phenoxy) is 1. The third-order valence-corrected chi connectivity index (χ3v) is 7.52. The van der Waals surface area contributed by atoms with Crippen LogP contribution in [0.1, 0.15) is 36.0 Å². The average Bonchev–Trinajstić information content (AvgIpc) is 3.45. The molecule has 1 heterocycles. The number of carbonyl (C=O) groups excluding carboxylic acids is 1. The second-order valence-corrected chi connectivity index (χ2v) is 10.0. The number of sulfonamides is 1. The molecule has 1 aliphatic rings. The molecule has 3 aromatic rings. The number of aromatic nitrogens is 1. The van der Waals surface area contributed by atoms with Crippen LogP contribution >= 0.6 is 11.3 Å². The predicted octanol–water partition coefficient (Wildman–Crippen LogP) is 4.43. The molecule has 1 amide bonds. The highest BCUT2D eigenvalue weighted by atomic mass is 32.2. The Hall–Kier alpha value is -2.82. The van der Waals surface area contributed by atoms with Gasteiger partial charge in [0.1, 0.15) is 11.6 Å². The van der Waals surface area contributed by atoms with Gasteiger partial charge in [-0.2, -0.15) is 0 Å². The summed E-state index contributed by atoms with van der Waals surface area (Å²) in [4.78, 5) is 17.1. The van der Waals surface area contributed by atoms with E-state index in [9.17, 15) is 17.6 Å². The van der Waals surface area contributed by atoms with E-state index in [-0.39, 0.29) is 16.5 Å². The molecule has 0 radical (unpaired) electrons. The zero-order chi connectivity index (χ0) is 22.7. The molecule has 7 nitrogen and oxygen atoms in total. The van der Waals surface area contributed by atoms with E-state index in [1.165, 1.54) is 60.9 Å². The first kappa shape index (κ1) is 22.4.